The molecular weight excluding hydrogens is 250 g/mol. The van der Waals surface area contributed by atoms with Gasteiger partial charge in [-0.1, -0.05) is 31.4 Å². The van der Waals surface area contributed by atoms with Crippen molar-refractivity contribution in [3.05, 3.63) is 29.3 Å². The first-order chi connectivity index (χ1) is 9.59. The fourth-order valence-corrected chi connectivity index (χ4v) is 2.79. The van der Waals surface area contributed by atoms with Crippen molar-refractivity contribution in [2.24, 2.45) is 0 Å². The minimum absolute atomic E-state index is 0.0813. The molecule has 0 saturated heterocycles. The Morgan fingerprint density at radius 1 is 1.25 bits per heavy atom. The van der Waals surface area contributed by atoms with Crippen molar-refractivity contribution in [2.75, 3.05) is 13.7 Å². The normalized spacial score (nSPS) is 15.9. The minimum atomic E-state index is 0.0813. The molecule has 0 spiro atoms. The molecule has 1 saturated carbocycles. The molecular formula is C17H25NO2. The standard InChI is InChI=1S/C17H25NO2/c1-13-8-7-11-16(14(13)2)20-12-17(19)18(3)15-9-5-4-6-10-15/h7-8,11,15H,4-6,9-10,12H2,1-3H3. The van der Waals surface area contributed by atoms with Gasteiger partial charge >= 0.3 is 0 Å². The van der Waals surface area contributed by atoms with Gasteiger partial charge in [-0.3, -0.25) is 4.79 Å². The minimum Gasteiger partial charge on any atom is -0.483 e. The molecule has 1 aromatic rings. The quantitative estimate of drug-likeness (QED) is 0.842. The number of hydrogen-bond donors (Lipinski definition) is 0. The number of aryl methyl sites for hydroxylation is 1. The van der Waals surface area contributed by atoms with Crippen molar-refractivity contribution in [3.63, 3.8) is 0 Å². The molecule has 1 aliphatic carbocycles. The largest absolute Gasteiger partial charge is 0.483 e. The summed E-state index contributed by atoms with van der Waals surface area (Å²) in [6, 6.07) is 6.35. The van der Waals surface area contributed by atoms with Gasteiger partial charge in [-0.05, 0) is 43.9 Å². The second-order valence-corrected chi connectivity index (χ2v) is 5.78. The van der Waals surface area contributed by atoms with Gasteiger partial charge in [-0.2, -0.15) is 0 Å². The van der Waals surface area contributed by atoms with Gasteiger partial charge < -0.3 is 9.64 Å². The highest BCUT2D eigenvalue weighted by Crippen LogP contribution is 2.23. The van der Waals surface area contributed by atoms with Crippen LogP contribution in [0.15, 0.2) is 18.2 Å². The summed E-state index contributed by atoms with van der Waals surface area (Å²) in [5.74, 6) is 0.896. The number of benzene rings is 1. The zero-order valence-electron chi connectivity index (χ0n) is 12.8. The highest BCUT2D eigenvalue weighted by atomic mass is 16.5. The van der Waals surface area contributed by atoms with Crippen molar-refractivity contribution < 1.29 is 9.53 Å². The van der Waals surface area contributed by atoms with E-state index in [4.69, 9.17) is 4.74 Å². The van der Waals surface area contributed by atoms with Gasteiger partial charge in [-0.25, -0.2) is 0 Å². The van der Waals surface area contributed by atoms with Crippen LogP contribution in [0.5, 0.6) is 5.75 Å². The van der Waals surface area contributed by atoms with Crippen molar-refractivity contribution in [1.82, 2.24) is 4.90 Å². The molecule has 1 aliphatic rings. The van der Waals surface area contributed by atoms with E-state index in [2.05, 4.69) is 13.0 Å². The lowest BCUT2D eigenvalue weighted by Crippen LogP contribution is -2.40. The number of hydrogen-bond acceptors (Lipinski definition) is 2. The first-order valence-electron chi connectivity index (χ1n) is 7.54. The van der Waals surface area contributed by atoms with Crippen LogP contribution in [0.4, 0.5) is 0 Å². The molecule has 0 aromatic heterocycles. The van der Waals surface area contributed by atoms with Crippen LogP contribution in [0.2, 0.25) is 0 Å². The van der Waals surface area contributed by atoms with E-state index in [1.54, 1.807) is 0 Å². The molecule has 0 bridgehead atoms. The second-order valence-electron chi connectivity index (χ2n) is 5.78. The molecule has 3 nitrogen and oxygen atoms in total. The van der Waals surface area contributed by atoms with Crippen LogP contribution in [0.1, 0.15) is 43.2 Å². The van der Waals surface area contributed by atoms with Crippen LogP contribution in [-0.4, -0.2) is 30.5 Å². The van der Waals surface area contributed by atoms with Gasteiger partial charge in [0.15, 0.2) is 6.61 Å². The summed E-state index contributed by atoms with van der Waals surface area (Å²) in [5, 5.41) is 0. The first kappa shape index (κ1) is 14.9. The maximum Gasteiger partial charge on any atom is 0.260 e. The van der Waals surface area contributed by atoms with E-state index >= 15 is 0 Å². The Hall–Kier alpha value is -1.51. The average molecular weight is 275 g/mol. The summed E-state index contributed by atoms with van der Waals surface area (Å²) in [4.78, 5) is 14.1. The Balaban J connectivity index is 1.89. The average Bonchev–Trinajstić information content (AvgIpc) is 2.48. The summed E-state index contributed by atoms with van der Waals surface area (Å²) in [7, 11) is 1.91. The topological polar surface area (TPSA) is 29.5 Å². The first-order valence-corrected chi connectivity index (χ1v) is 7.54. The maximum atomic E-state index is 12.2. The molecule has 0 unspecified atom stereocenters. The number of nitrogens with zero attached hydrogens (tertiary/aromatic N) is 1. The van der Waals surface area contributed by atoms with Crippen molar-refractivity contribution in [3.8, 4) is 5.75 Å². The van der Waals surface area contributed by atoms with Crippen molar-refractivity contribution in [1.29, 1.82) is 0 Å². The Kier molecular flexibility index (Phi) is 5.05. The lowest BCUT2D eigenvalue weighted by atomic mass is 9.94. The molecule has 0 N–H and O–H groups in total. The van der Waals surface area contributed by atoms with Gasteiger partial charge in [0.05, 0.1) is 0 Å². The maximum absolute atomic E-state index is 12.2. The molecule has 3 heteroatoms. The molecule has 0 atom stereocenters. The predicted molar refractivity (Wildman–Crippen MR) is 81.1 cm³/mol. The number of carbonyl (C=O) groups is 1. The highest BCUT2D eigenvalue weighted by molar-refractivity contribution is 5.77. The van der Waals surface area contributed by atoms with E-state index in [1.807, 2.05) is 31.0 Å². The summed E-state index contributed by atoms with van der Waals surface area (Å²) >= 11 is 0. The Labute approximate surface area is 121 Å². The Morgan fingerprint density at radius 2 is 1.95 bits per heavy atom. The summed E-state index contributed by atoms with van der Waals surface area (Å²) < 4.78 is 5.70. The van der Waals surface area contributed by atoms with Crippen LogP contribution in [-0.2, 0) is 4.79 Å². The zero-order chi connectivity index (χ0) is 14.5. The lowest BCUT2D eigenvalue weighted by molar-refractivity contribution is -0.134. The highest BCUT2D eigenvalue weighted by Gasteiger charge is 2.22. The zero-order valence-corrected chi connectivity index (χ0v) is 12.8. The van der Waals surface area contributed by atoms with E-state index in [-0.39, 0.29) is 12.5 Å². The molecule has 0 aliphatic heterocycles. The van der Waals surface area contributed by atoms with E-state index in [1.165, 1.54) is 24.8 Å². The molecule has 1 fully saturated rings. The van der Waals surface area contributed by atoms with Crippen LogP contribution < -0.4 is 4.74 Å². The Morgan fingerprint density at radius 3 is 2.65 bits per heavy atom. The fourth-order valence-electron chi connectivity index (χ4n) is 2.79. The molecule has 1 aromatic carbocycles. The Bertz CT molecular complexity index is 464. The SMILES string of the molecule is Cc1cccc(OCC(=O)N(C)C2CCCCC2)c1C. The molecule has 0 radical (unpaired) electrons. The van der Waals surface area contributed by atoms with E-state index in [0.29, 0.717) is 6.04 Å². The fraction of sp³-hybridized carbons (Fsp3) is 0.588. The third-order valence-electron chi connectivity index (χ3n) is 4.42. The van der Waals surface area contributed by atoms with Gasteiger partial charge in [0.25, 0.3) is 5.91 Å². The number of ether oxygens (including phenoxy) is 1. The van der Waals surface area contributed by atoms with Crippen LogP contribution in [0.3, 0.4) is 0 Å². The van der Waals surface area contributed by atoms with Gasteiger partial charge in [-0.15, -0.1) is 0 Å². The van der Waals surface area contributed by atoms with Gasteiger partial charge in [0, 0.05) is 13.1 Å². The molecule has 0 heterocycles. The van der Waals surface area contributed by atoms with Crippen molar-refractivity contribution in [2.45, 2.75) is 52.0 Å². The second kappa shape index (κ2) is 6.78. The van der Waals surface area contributed by atoms with Crippen LogP contribution in [0, 0.1) is 13.8 Å². The number of likely N-dealkylation sites (N-methyl/N-ethyl adjacent to an activating group) is 1. The molecule has 110 valence electrons. The summed E-state index contributed by atoms with van der Waals surface area (Å²) in [6.07, 6.45) is 6.04. The number of rotatable bonds is 4. The summed E-state index contributed by atoms with van der Waals surface area (Å²) in [6.45, 7) is 4.22. The predicted octanol–water partition coefficient (Wildman–Crippen LogP) is 3.47. The molecule has 20 heavy (non-hydrogen) atoms. The van der Waals surface area contributed by atoms with Gasteiger partial charge in [0.1, 0.15) is 5.75 Å². The third kappa shape index (κ3) is 3.53. The van der Waals surface area contributed by atoms with Crippen LogP contribution >= 0.6 is 0 Å². The molecule has 1 amide bonds. The van der Waals surface area contributed by atoms with Gasteiger partial charge in [0.2, 0.25) is 0 Å². The molecule has 2 rings (SSSR count). The van der Waals surface area contributed by atoms with E-state index in [0.717, 1.165) is 24.2 Å². The smallest absolute Gasteiger partial charge is 0.260 e. The van der Waals surface area contributed by atoms with E-state index in [9.17, 15) is 4.79 Å². The van der Waals surface area contributed by atoms with E-state index < -0.39 is 0 Å². The monoisotopic (exact) mass is 275 g/mol. The lowest BCUT2D eigenvalue weighted by Gasteiger charge is -2.31. The number of amides is 1. The third-order valence-corrected chi connectivity index (χ3v) is 4.42. The van der Waals surface area contributed by atoms with Crippen LogP contribution in [0.25, 0.3) is 0 Å². The number of carbonyl (C=O) groups excluding carboxylic acids is 1. The van der Waals surface area contributed by atoms with Crippen molar-refractivity contribution >= 4 is 5.91 Å². The summed E-state index contributed by atoms with van der Waals surface area (Å²) in [5.41, 5.74) is 2.30.